The lowest BCUT2D eigenvalue weighted by Gasteiger charge is -2.15. The highest BCUT2D eigenvalue weighted by molar-refractivity contribution is 6.11. The Morgan fingerprint density at radius 3 is 2.18 bits per heavy atom. The number of benzene rings is 3. The van der Waals surface area contributed by atoms with E-state index >= 15 is 0 Å². The van der Waals surface area contributed by atoms with Gasteiger partial charge in [-0.2, -0.15) is 5.10 Å². The van der Waals surface area contributed by atoms with Gasteiger partial charge in [-0.1, -0.05) is 42.5 Å². The maximum atomic E-state index is 13.7. The molecular weight excluding hydrogens is 496 g/mol. The van der Waals surface area contributed by atoms with Crippen LogP contribution in [0.25, 0.3) is 33.5 Å². The molecule has 9 heteroatoms. The van der Waals surface area contributed by atoms with E-state index in [1.807, 2.05) is 54.6 Å². The molecule has 39 heavy (non-hydrogen) atoms. The van der Waals surface area contributed by atoms with E-state index in [1.165, 1.54) is 0 Å². The van der Waals surface area contributed by atoms with Gasteiger partial charge in [0.05, 0.1) is 50.8 Å². The fraction of sp³-hybridized carbons (Fsp3) is 0.167. The Hall–Kier alpha value is -5.05. The third-order valence-electron chi connectivity index (χ3n) is 6.42. The fourth-order valence-corrected chi connectivity index (χ4v) is 4.40. The standard InChI is InChI=1S/C30H28N4O5/c1-36-20-12-10-18(11-13-20)17-31-30(35)22-14-23(21-15-25(38-3)26(39-4)16-24(21)37-2)32-29-27(22)28(33-34-29)19-8-6-5-7-9-19/h5-16H,17H2,1-4H3,(H,31,35)(H,32,33,34). The van der Waals surface area contributed by atoms with Gasteiger partial charge in [0.2, 0.25) is 0 Å². The number of ether oxygens (including phenoxy) is 4. The third-order valence-corrected chi connectivity index (χ3v) is 6.42. The second-order valence-corrected chi connectivity index (χ2v) is 8.66. The van der Waals surface area contributed by atoms with Crippen LogP contribution in [0.15, 0.2) is 72.8 Å². The first-order chi connectivity index (χ1) is 19.1. The molecule has 0 unspecified atom stereocenters. The Labute approximate surface area is 225 Å². The first kappa shape index (κ1) is 25.6. The number of hydrogen-bond donors (Lipinski definition) is 2. The minimum atomic E-state index is -0.266. The molecule has 5 rings (SSSR count). The van der Waals surface area contributed by atoms with Crippen molar-refractivity contribution in [3.05, 3.63) is 83.9 Å². The molecule has 2 N–H and O–H groups in total. The van der Waals surface area contributed by atoms with Gasteiger partial charge < -0.3 is 24.3 Å². The Kier molecular flexibility index (Phi) is 7.31. The van der Waals surface area contributed by atoms with Gasteiger partial charge in [0.25, 0.3) is 5.91 Å². The summed E-state index contributed by atoms with van der Waals surface area (Å²) in [4.78, 5) is 18.5. The number of rotatable bonds is 9. The number of carbonyl (C=O) groups is 1. The number of nitrogens with one attached hydrogen (secondary N) is 2. The molecule has 0 fully saturated rings. The normalized spacial score (nSPS) is 10.8. The largest absolute Gasteiger partial charge is 0.497 e. The summed E-state index contributed by atoms with van der Waals surface area (Å²) in [5.41, 5.74) is 4.49. The number of hydrogen-bond acceptors (Lipinski definition) is 7. The molecule has 0 bridgehead atoms. The number of H-pyrrole nitrogens is 1. The van der Waals surface area contributed by atoms with Crippen molar-refractivity contribution in [1.29, 1.82) is 0 Å². The highest BCUT2D eigenvalue weighted by Crippen LogP contribution is 2.41. The van der Waals surface area contributed by atoms with Crippen molar-refractivity contribution in [1.82, 2.24) is 20.5 Å². The zero-order valence-corrected chi connectivity index (χ0v) is 22.1. The van der Waals surface area contributed by atoms with E-state index in [2.05, 4.69) is 15.5 Å². The zero-order chi connectivity index (χ0) is 27.4. The molecule has 198 valence electrons. The van der Waals surface area contributed by atoms with E-state index in [9.17, 15) is 4.79 Å². The van der Waals surface area contributed by atoms with E-state index in [0.29, 0.717) is 57.3 Å². The number of carbonyl (C=O) groups excluding carboxylic acids is 1. The van der Waals surface area contributed by atoms with Crippen molar-refractivity contribution in [3.63, 3.8) is 0 Å². The van der Waals surface area contributed by atoms with Crippen molar-refractivity contribution < 1.29 is 23.7 Å². The molecule has 0 aliphatic heterocycles. The highest BCUT2D eigenvalue weighted by atomic mass is 16.5. The van der Waals surface area contributed by atoms with Crippen molar-refractivity contribution >= 4 is 16.9 Å². The monoisotopic (exact) mass is 524 g/mol. The fourth-order valence-electron chi connectivity index (χ4n) is 4.40. The van der Waals surface area contributed by atoms with Crippen molar-refractivity contribution in [2.75, 3.05) is 28.4 Å². The van der Waals surface area contributed by atoms with E-state index in [4.69, 9.17) is 23.9 Å². The van der Waals surface area contributed by atoms with E-state index in [1.54, 1.807) is 46.6 Å². The van der Waals surface area contributed by atoms with Gasteiger partial charge in [0, 0.05) is 23.7 Å². The molecule has 2 aromatic heterocycles. The second-order valence-electron chi connectivity index (χ2n) is 8.66. The lowest BCUT2D eigenvalue weighted by atomic mass is 10.0. The van der Waals surface area contributed by atoms with Gasteiger partial charge >= 0.3 is 0 Å². The lowest BCUT2D eigenvalue weighted by Crippen LogP contribution is -2.23. The predicted molar refractivity (Wildman–Crippen MR) is 149 cm³/mol. The SMILES string of the molecule is COc1ccc(CNC(=O)c2cc(-c3cc(OC)c(OC)cc3OC)nc3n[nH]c(-c4ccccc4)c23)cc1. The molecule has 0 radical (unpaired) electrons. The zero-order valence-electron chi connectivity index (χ0n) is 22.1. The number of nitrogens with zero attached hydrogens (tertiary/aromatic N) is 2. The van der Waals surface area contributed by atoms with Crippen LogP contribution in [0.5, 0.6) is 23.0 Å². The Morgan fingerprint density at radius 1 is 0.821 bits per heavy atom. The van der Waals surface area contributed by atoms with Crippen molar-refractivity contribution in [2.45, 2.75) is 6.54 Å². The summed E-state index contributed by atoms with van der Waals surface area (Å²) in [6.07, 6.45) is 0. The van der Waals surface area contributed by atoms with Crippen LogP contribution in [0.3, 0.4) is 0 Å². The molecule has 3 aromatic carbocycles. The molecular formula is C30H28N4O5. The van der Waals surface area contributed by atoms with Crippen LogP contribution in [0, 0.1) is 0 Å². The van der Waals surface area contributed by atoms with E-state index < -0.39 is 0 Å². The van der Waals surface area contributed by atoms with Crippen molar-refractivity contribution in [2.24, 2.45) is 0 Å². The first-order valence-corrected chi connectivity index (χ1v) is 12.2. The number of amides is 1. The summed E-state index contributed by atoms with van der Waals surface area (Å²) in [5, 5.41) is 11.2. The van der Waals surface area contributed by atoms with Crippen LogP contribution >= 0.6 is 0 Å². The van der Waals surface area contributed by atoms with Crippen LogP contribution in [0.1, 0.15) is 15.9 Å². The summed E-state index contributed by atoms with van der Waals surface area (Å²) in [6, 6.07) is 22.5. The van der Waals surface area contributed by atoms with Crippen LogP contribution in [-0.2, 0) is 6.54 Å². The molecule has 9 nitrogen and oxygen atoms in total. The second kappa shape index (κ2) is 11.1. The van der Waals surface area contributed by atoms with Crippen LogP contribution < -0.4 is 24.3 Å². The number of aromatic nitrogens is 3. The smallest absolute Gasteiger partial charge is 0.252 e. The molecule has 2 heterocycles. The van der Waals surface area contributed by atoms with Gasteiger partial charge in [-0.25, -0.2) is 4.98 Å². The quantitative estimate of drug-likeness (QED) is 0.271. The molecule has 5 aromatic rings. The average Bonchev–Trinajstić information content (AvgIpc) is 3.43. The predicted octanol–water partition coefficient (Wildman–Crippen LogP) is 5.26. The topological polar surface area (TPSA) is 108 Å². The number of pyridine rings is 1. The molecule has 1 amide bonds. The summed E-state index contributed by atoms with van der Waals surface area (Å²) in [7, 11) is 6.30. The average molecular weight is 525 g/mol. The number of methoxy groups -OCH3 is 4. The van der Waals surface area contributed by atoms with E-state index in [-0.39, 0.29) is 5.91 Å². The van der Waals surface area contributed by atoms with Crippen LogP contribution in [0.2, 0.25) is 0 Å². The summed E-state index contributed by atoms with van der Waals surface area (Å²) in [5.74, 6) is 2.02. The lowest BCUT2D eigenvalue weighted by molar-refractivity contribution is 0.0952. The van der Waals surface area contributed by atoms with Gasteiger partial charge in [-0.05, 0) is 29.8 Å². The van der Waals surface area contributed by atoms with Gasteiger partial charge in [-0.15, -0.1) is 0 Å². The summed E-state index contributed by atoms with van der Waals surface area (Å²) in [6.45, 7) is 0.334. The minimum Gasteiger partial charge on any atom is -0.497 e. The van der Waals surface area contributed by atoms with Gasteiger partial charge in [0.15, 0.2) is 17.1 Å². The summed E-state index contributed by atoms with van der Waals surface area (Å²) >= 11 is 0. The highest BCUT2D eigenvalue weighted by Gasteiger charge is 2.22. The molecule has 0 aliphatic rings. The molecule has 0 aliphatic carbocycles. The maximum absolute atomic E-state index is 13.7. The molecule has 0 saturated carbocycles. The third kappa shape index (κ3) is 5.06. The first-order valence-electron chi connectivity index (χ1n) is 12.2. The maximum Gasteiger partial charge on any atom is 0.252 e. The van der Waals surface area contributed by atoms with Crippen LogP contribution in [0.4, 0.5) is 0 Å². The van der Waals surface area contributed by atoms with Gasteiger partial charge in [-0.3, -0.25) is 9.89 Å². The molecule has 0 atom stereocenters. The Morgan fingerprint density at radius 2 is 1.51 bits per heavy atom. The number of aromatic amines is 1. The molecule has 0 spiro atoms. The molecule has 0 saturated heterocycles. The van der Waals surface area contributed by atoms with E-state index in [0.717, 1.165) is 16.9 Å². The minimum absolute atomic E-state index is 0.266. The van der Waals surface area contributed by atoms with Gasteiger partial charge in [0.1, 0.15) is 11.5 Å². The number of fused-ring (bicyclic) bond motifs is 1. The van der Waals surface area contributed by atoms with Crippen LogP contribution in [-0.4, -0.2) is 49.5 Å². The summed E-state index contributed by atoms with van der Waals surface area (Å²) < 4.78 is 21.8. The Balaban J connectivity index is 1.63. The van der Waals surface area contributed by atoms with Crippen molar-refractivity contribution in [3.8, 4) is 45.5 Å². The Bertz CT molecular complexity index is 1610.